The average molecular weight is 332 g/mol. The number of benzene rings is 1. The van der Waals surface area contributed by atoms with Crippen LogP contribution in [0.4, 0.5) is 0 Å². The molecule has 0 spiro atoms. The Kier molecular flexibility index (Phi) is 6.30. The molecule has 3 amide bonds. The van der Waals surface area contributed by atoms with Gasteiger partial charge in [0.15, 0.2) is 6.61 Å². The maximum Gasteiger partial charge on any atom is 0.329 e. The molecule has 1 aliphatic rings. The number of hydrogen-bond donors (Lipinski definition) is 3. The van der Waals surface area contributed by atoms with Crippen LogP contribution in [0, 0.1) is 0 Å². The van der Waals surface area contributed by atoms with Crippen LogP contribution in [0.1, 0.15) is 31.2 Å². The summed E-state index contributed by atoms with van der Waals surface area (Å²) < 4.78 is 5.12. The molecule has 1 fully saturated rings. The Labute approximate surface area is 139 Å². The fourth-order valence-corrected chi connectivity index (χ4v) is 2.34. The zero-order valence-corrected chi connectivity index (χ0v) is 13.2. The maximum absolute atomic E-state index is 11.7. The number of hydrogen-bond acceptors (Lipinski definition) is 5. The van der Waals surface area contributed by atoms with Gasteiger partial charge in [-0.1, -0.05) is 12.8 Å². The molecule has 8 nitrogen and oxygen atoms in total. The molecule has 8 heteroatoms. The number of nitrogens with two attached hydrogens (primary N) is 1. The molecule has 1 aliphatic carbocycles. The largest absolute Gasteiger partial charge is 0.484 e. The van der Waals surface area contributed by atoms with Crippen molar-refractivity contribution < 1.29 is 19.1 Å². The summed E-state index contributed by atoms with van der Waals surface area (Å²) in [6.45, 7) is -0.195. The van der Waals surface area contributed by atoms with E-state index in [9.17, 15) is 14.4 Å². The van der Waals surface area contributed by atoms with Crippen molar-refractivity contribution in [3.05, 3.63) is 29.8 Å². The number of nitrogens with zero attached hydrogens (tertiary/aromatic N) is 1. The third-order valence-corrected chi connectivity index (χ3v) is 3.54. The van der Waals surface area contributed by atoms with Crippen molar-refractivity contribution in [1.29, 1.82) is 0 Å². The molecule has 0 heterocycles. The van der Waals surface area contributed by atoms with E-state index >= 15 is 0 Å². The Morgan fingerprint density at radius 2 is 1.83 bits per heavy atom. The summed E-state index contributed by atoms with van der Waals surface area (Å²) in [4.78, 5) is 33.9. The smallest absolute Gasteiger partial charge is 0.329 e. The summed E-state index contributed by atoms with van der Waals surface area (Å²) >= 11 is 0. The fourth-order valence-electron chi connectivity index (χ4n) is 2.34. The Bertz CT molecular complexity index is 621. The van der Waals surface area contributed by atoms with Crippen LogP contribution >= 0.6 is 0 Å². The minimum Gasteiger partial charge on any atom is -0.484 e. The van der Waals surface area contributed by atoms with Gasteiger partial charge in [0.1, 0.15) is 5.75 Å². The highest BCUT2D eigenvalue weighted by Crippen LogP contribution is 2.17. The van der Waals surface area contributed by atoms with Gasteiger partial charge in [0, 0.05) is 6.04 Å². The Hall–Kier alpha value is -2.90. The second-order valence-electron chi connectivity index (χ2n) is 5.48. The monoisotopic (exact) mass is 332 g/mol. The maximum atomic E-state index is 11.7. The molecule has 0 atom stereocenters. The molecule has 0 bridgehead atoms. The number of carbonyl (C=O) groups excluding carboxylic acids is 3. The van der Waals surface area contributed by atoms with Crippen molar-refractivity contribution in [1.82, 2.24) is 10.7 Å². The molecule has 1 aromatic rings. The van der Waals surface area contributed by atoms with Crippen LogP contribution in [-0.4, -0.2) is 36.6 Å². The van der Waals surface area contributed by atoms with E-state index in [4.69, 9.17) is 10.5 Å². The molecule has 128 valence electrons. The van der Waals surface area contributed by atoms with Crippen LogP contribution < -0.4 is 21.2 Å². The number of nitrogens with one attached hydrogen (secondary N) is 2. The topological polar surface area (TPSA) is 123 Å². The van der Waals surface area contributed by atoms with Gasteiger partial charge in [-0.3, -0.25) is 14.4 Å². The van der Waals surface area contributed by atoms with Gasteiger partial charge >= 0.3 is 11.8 Å². The lowest BCUT2D eigenvalue weighted by molar-refractivity contribution is -0.139. The predicted octanol–water partition coefficient (Wildman–Crippen LogP) is 0.0596. The molecule has 4 N–H and O–H groups in total. The van der Waals surface area contributed by atoms with Gasteiger partial charge in [-0.05, 0) is 42.7 Å². The summed E-state index contributed by atoms with van der Waals surface area (Å²) in [5.74, 6) is -1.53. The third kappa shape index (κ3) is 5.71. The van der Waals surface area contributed by atoms with E-state index < -0.39 is 17.7 Å². The second kappa shape index (κ2) is 8.66. The molecule has 0 aromatic heterocycles. The first kappa shape index (κ1) is 17.5. The number of ether oxygens (including phenoxy) is 1. The lowest BCUT2D eigenvalue weighted by Gasteiger charge is -2.10. The van der Waals surface area contributed by atoms with E-state index in [-0.39, 0.29) is 12.6 Å². The molecule has 1 saturated carbocycles. The lowest BCUT2D eigenvalue weighted by atomic mass is 10.2. The molecule has 0 aliphatic heterocycles. The Balaban J connectivity index is 1.76. The van der Waals surface area contributed by atoms with Crippen molar-refractivity contribution in [2.45, 2.75) is 31.7 Å². The number of carbonyl (C=O) groups is 3. The highest BCUT2D eigenvalue weighted by Gasteiger charge is 2.20. The van der Waals surface area contributed by atoms with E-state index in [1.54, 1.807) is 24.3 Å². The SMILES string of the molecule is NC(=O)COc1ccc(/C=N/NC(=O)C(=O)NC2CCCC2)cc1. The highest BCUT2D eigenvalue weighted by molar-refractivity contribution is 6.35. The zero-order valence-electron chi connectivity index (χ0n) is 13.2. The van der Waals surface area contributed by atoms with Gasteiger partial charge in [0.2, 0.25) is 0 Å². The van der Waals surface area contributed by atoms with Crippen molar-refractivity contribution >= 4 is 23.9 Å². The summed E-state index contributed by atoms with van der Waals surface area (Å²) in [5.41, 5.74) is 7.86. The number of hydrazone groups is 1. The van der Waals surface area contributed by atoms with Gasteiger partial charge in [-0.15, -0.1) is 0 Å². The molecular weight excluding hydrogens is 312 g/mol. The van der Waals surface area contributed by atoms with E-state index in [0.29, 0.717) is 11.3 Å². The molecular formula is C16H20N4O4. The first-order chi connectivity index (χ1) is 11.5. The predicted molar refractivity (Wildman–Crippen MR) is 87.3 cm³/mol. The van der Waals surface area contributed by atoms with Crippen LogP contribution in [0.5, 0.6) is 5.75 Å². The van der Waals surface area contributed by atoms with E-state index in [1.165, 1.54) is 6.21 Å². The zero-order chi connectivity index (χ0) is 17.4. The molecule has 0 unspecified atom stereocenters. The molecule has 24 heavy (non-hydrogen) atoms. The Morgan fingerprint density at radius 1 is 1.17 bits per heavy atom. The van der Waals surface area contributed by atoms with Gasteiger partial charge in [-0.25, -0.2) is 5.43 Å². The van der Waals surface area contributed by atoms with E-state index in [2.05, 4.69) is 15.8 Å². The number of rotatable bonds is 6. The van der Waals surface area contributed by atoms with Gasteiger partial charge in [0.25, 0.3) is 5.91 Å². The van der Waals surface area contributed by atoms with Gasteiger partial charge < -0.3 is 15.8 Å². The van der Waals surface area contributed by atoms with Crippen molar-refractivity contribution in [2.75, 3.05) is 6.61 Å². The lowest BCUT2D eigenvalue weighted by Crippen LogP contribution is -2.42. The van der Waals surface area contributed by atoms with Crippen LogP contribution in [0.25, 0.3) is 0 Å². The third-order valence-electron chi connectivity index (χ3n) is 3.54. The van der Waals surface area contributed by atoms with Gasteiger partial charge in [0.05, 0.1) is 6.21 Å². The van der Waals surface area contributed by atoms with E-state index in [0.717, 1.165) is 25.7 Å². The van der Waals surface area contributed by atoms with Crippen molar-refractivity contribution in [3.63, 3.8) is 0 Å². The quantitative estimate of drug-likeness (QED) is 0.387. The fraction of sp³-hybridized carbons (Fsp3) is 0.375. The van der Waals surface area contributed by atoms with Crippen LogP contribution in [-0.2, 0) is 14.4 Å². The molecule has 1 aromatic carbocycles. The first-order valence-corrected chi connectivity index (χ1v) is 7.69. The molecule has 2 rings (SSSR count). The number of primary amides is 1. The normalized spacial score (nSPS) is 14.5. The number of amides is 3. The first-order valence-electron chi connectivity index (χ1n) is 7.69. The van der Waals surface area contributed by atoms with Crippen molar-refractivity contribution in [3.8, 4) is 5.75 Å². The standard InChI is InChI=1S/C16H20N4O4/c17-14(21)10-24-13-7-5-11(6-8-13)9-18-20-16(23)15(22)19-12-3-1-2-4-12/h5-9,12H,1-4,10H2,(H2,17,21)(H,19,22)(H,20,23)/b18-9+. The molecule has 0 saturated heterocycles. The summed E-state index contributed by atoms with van der Waals surface area (Å²) in [7, 11) is 0. The summed E-state index contributed by atoms with van der Waals surface area (Å²) in [6.07, 6.45) is 5.37. The minimum atomic E-state index is -0.792. The highest BCUT2D eigenvalue weighted by atomic mass is 16.5. The van der Waals surface area contributed by atoms with Crippen LogP contribution in [0.15, 0.2) is 29.4 Å². The second-order valence-corrected chi connectivity index (χ2v) is 5.48. The van der Waals surface area contributed by atoms with Gasteiger partial charge in [-0.2, -0.15) is 5.10 Å². The van der Waals surface area contributed by atoms with Crippen LogP contribution in [0.2, 0.25) is 0 Å². The Morgan fingerprint density at radius 3 is 2.46 bits per heavy atom. The average Bonchev–Trinajstić information content (AvgIpc) is 3.07. The summed E-state index contributed by atoms with van der Waals surface area (Å²) in [5, 5.41) is 6.42. The summed E-state index contributed by atoms with van der Waals surface area (Å²) in [6, 6.07) is 6.73. The van der Waals surface area contributed by atoms with Crippen LogP contribution in [0.3, 0.4) is 0 Å². The van der Waals surface area contributed by atoms with Crippen molar-refractivity contribution in [2.24, 2.45) is 10.8 Å². The molecule has 0 radical (unpaired) electrons. The minimum absolute atomic E-state index is 0.0835. The van der Waals surface area contributed by atoms with E-state index in [1.807, 2.05) is 0 Å².